The maximum Gasteiger partial charge on any atom is 0.310 e. The first-order chi connectivity index (χ1) is 18.7. The van der Waals surface area contributed by atoms with E-state index >= 15 is 0 Å². The maximum absolute atomic E-state index is 14.0. The number of aliphatic hydroxyl groups excluding tert-OH is 1. The Morgan fingerprint density at radius 3 is 2.46 bits per heavy atom. The lowest BCUT2D eigenvalue weighted by Crippen LogP contribution is -2.68. The number of cyclic esters (lactones) is 1. The highest BCUT2D eigenvalue weighted by atomic mass is 16.6. The van der Waals surface area contributed by atoms with E-state index in [1.807, 2.05) is 42.5 Å². The molecule has 3 N–H and O–H groups in total. The molecule has 5 rings (SSSR count). The molecule has 0 spiro atoms. The van der Waals surface area contributed by atoms with Gasteiger partial charge in [0.05, 0.1) is 19.0 Å². The van der Waals surface area contributed by atoms with Crippen LogP contribution in [0.25, 0.3) is 10.8 Å². The van der Waals surface area contributed by atoms with Gasteiger partial charge in [-0.25, -0.2) is 0 Å². The molecule has 3 aliphatic heterocycles. The van der Waals surface area contributed by atoms with Crippen molar-refractivity contribution in [2.75, 3.05) is 13.1 Å². The number of esters is 1. The third kappa shape index (κ3) is 5.35. The predicted octanol–water partition coefficient (Wildman–Crippen LogP) is 0.466. The van der Waals surface area contributed by atoms with E-state index in [-0.39, 0.29) is 31.8 Å². The van der Waals surface area contributed by atoms with Crippen molar-refractivity contribution in [3.8, 4) is 0 Å². The molecule has 5 atom stereocenters. The van der Waals surface area contributed by atoms with Gasteiger partial charge < -0.3 is 30.3 Å². The van der Waals surface area contributed by atoms with Crippen LogP contribution in [-0.4, -0.2) is 88.1 Å². The average Bonchev–Trinajstić information content (AvgIpc) is 3.23. The van der Waals surface area contributed by atoms with E-state index in [0.29, 0.717) is 12.0 Å². The summed E-state index contributed by atoms with van der Waals surface area (Å²) in [6, 6.07) is 9.32. The number of aliphatic hydroxyl groups is 1. The summed E-state index contributed by atoms with van der Waals surface area (Å²) in [6.07, 6.45) is 2.64. The zero-order valence-electron chi connectivity index (χ0n) is 21.4. The molecule has 11 heteroatoms. The van der Waals surface area contributed by atoms with Crippen LogP contribution in [0.1, 0.15) is 36.5 Å². The summed E-state index contributed by atoms with van der Waals surface area (Å²) in [7, 11) is 0. The van der Waals surface area contributed by atoms with Gasteiger partial charge in [0.15, 0.2) is 0 Å². The minimum atomic E-state index is -1.50. The summed E-state index contributed by atoms with van der Waals surface area (Å²) >= 11 is 0. The first kappa shape index (κ1) is 26.4. The largest absolute Gasteiger partial charge is 0.434 e. The second kappa shape index (κ2) is 10.9. The van der Waals surface area contributed by atoms with Gasteiger partial charge in [0.2, 0.25) is 24.0 Å². The molecule has 4 amide bonds. The van der Waals surface area contributed by atoms with E-state index in [0.717, 1.165) is 10.8 Å². The molecule has 3 heterocycles. The van der Waals surface area contributed by atoms with E-state index in [1.165, 1.54) is 16.7 Å². The number of ether oxygens (including phenoxy) is 1. The zero-order chi connectivity index (χ0) is 27.7. The molecule has 2 aromatic carbocycles. The topological polar surface area (TPSA) is 145 Å². The lowest BCUT2D eigenvalue weighted by Gasteiger charge is -2.47. The fraction of sp³-hybridized carbons (Fsp3) is 0.393. The van der Waals surface area contributed by atoms with E-state index in [1.54, 1.807) is 12.1 Å². The van der Waals surface area contributed by atoms with Gasteiger partial charge in [0, 0.05) is 19.0 Å². The van der Waals surface area contributed by atoms with Gasteiger partial charge in [-0.05, 0) is 29.7 Å². The number of carbonyl (C=O) groups excluding carboxylic acids is 5. The number of carbonyl (C=O) groups is 5. The number of benzene rings is 2. The normalized spacial score (nSPS) is 27.7. The average molecular weight is 535 g/mol. The van der Waals surface area contributed by atoms with Crippen LogP contribution in [0.4, 0.5) is 0 Å². The van der Waals surface area contributed by atoms with Crippen molar-refractivity contribution in [1.82, 2.24) is 20.4 Å². The van der Waals surface area contributed by atoms with Gasteiger partial charge in [-0.15, -0.1) is 0 Å². The van der Waals surface area contributed by atoms with Crippen LogP contribution in [0.5, 0.6) is 0 Å². The number of hydrogen-bond acceptors (Lipinski definition) is 7. The van der Waals surface area contributed by atoms with Crippen molar-refractivity contribution in [2.24, 2.45) is 0 Å². The number of fused-ring (bicyclic) bond motifs is 2. The summed E-state index contributed by atoms with van der Waals surface area (Å²) in [5.74, 6) is -2.37. The molecule has 2 fully saturated rings. The minimum Gasteiger partial charge on any atom is -0.434 e. The second-order valence-corrected chi connectivity index (χ2v) is 10.0. The molecule has 3 aliphatic rings. The van der Waals surface area contributed by atoms with Crippen molar-refractivity contribution < 1.29 is 33.8 Å². The third-order valence-corrected chi connectivity index (χ3v) is 7.45. The molecule has 39 heavy (non-hydrogen) atoms. The number of amides is 4. The van der Waals surface area contributed by atoms with Crippen LogP contribution in [-0.2, 0) is 23.9 Å². The van der Waals surface area contributed by atoms with Crippen LogP contribution in [0.3, 0.4) is 0 Å². The smallest absolute Gasteiger partial charge is 0.310 e. The number of nitrogens with zero attached hydrogens (tertiary/aromatic N) is 2. The van der Waals surface area contributed by atoms with Crippen LogP contribution < -0.4 is 10.6 Å². The number of nitrogens with one attached hydrogen (secondary N) is 2. The summed E-state index contributed by atoms with van der Waals surface area (Å²) < 4.78 is 4.72. The fourth-order valence-corrected chi connectivity index (χ4v) is 5.45. The summed E-state index contributed by atoms with van der Waals surface area (Å²) in [4.78, 5) is 67.6. The maximum atomic E-state index is 14.0. The molecule has 2 aromatic rings. The Labute approximate surface area is 224 Å². The van der Waals surface area contributed by atoms with Crippen molar-refractivity contribution in [3.05, 3.63) is 60.2 Å². The highest BCUT2D eigenvalue weighted by Gasteiger charge is 2.46. The first-order valence-corrected chi connectivity index (χ1v) is 12.9. The molecule has 0 aromatic heterocycles. The lowest BCUT2D eigenvalue weighted by molar-refractivity contribution is -0.157. The Kier molecular flexibility index (Phi) is 7.34. The number of rotatable bonds is 4. The number of piperazine rings is 1. The van der Waals surface area contributed by atoms with Crippen LogP contribution in [0.2, 0.25) is 0 Å². The van der Waals surface area contributed by atoms with Crippen LogP contribution >= 0.6 is 0 Å². The molecular formula is C28H30N4O7. The second-order valence-electron chi connectivity index (χ2n) is 10.0. The molecular weight excluding hydrogens is 504 g/mol. The zero-order valence-corrected chi connectivity index (χ0v) is 21.4. The number of hydrogen-bond donors (Lipinski definition) is 3. The molecule has 0 aliphatic carbocycles. The van der Waals surface area contributed by atoms with Gasteiger partial charge in [-0.3, -0.25) is 24.0 Å². The Morgan fingerprint density at radius 1 is 0.974 bits per heavy atom. The Hall–Kier alpha value is -4.25. The predicted molar refractivity (Wildman–Crippen MR) is 139 cm³/mol. The molecule has 2 unspecified atom stereocenters. The van der Waals surface area contributed by atoms with Gasteiger partial charge in [-0.2, -0.15) is 0 Å². The van der Waals surface area contributed by atoms with Crippen LogP contribution in [0, 0.1) is 0 Å². The summed E-state index contributed by atoms with van der Waals surface area (Å²) in [5, 5.41) is 17.1. The molecule has 11 nitrogen and oxygen atoms in total. The van der Waals surface area contributed by atoms with Gasteiger partial charge in [-0.1, -0.05) is 48.6 Å². The van der Waals surface area contributed by atoms with Gasteiger partial charge >= 0.3 is 5.97 Å². The first-order valence-electron chi connectivity index (χ1n) is 12.9. The molecule has 0 radical (unpaired) electrons. The van der Waals surface area contributed by atoms with Gasteiger partial charge in [0.25, 0.3) is 5.91 Å². The minimum absolute atomic E-state index is 0.0608. The highest BCUT2D eigenvalue weighted by molar-refractivity contribution is 6.08. The van der Waals surface area contributed by atoms with E-state index < -0.39 is 54.1 Å². The summed E-state index contributed by atoms with van der Waals surface area (Å²) in [6.45, 7) is 1.56. The Morgan fingerprint density at radius 2 is 1.72 bits per heavy atom. The Bertz CT molecular complexity index is 1350. The van der Waals surface area contributed by atoms with Crippen molar-refractivity contribution in [3.63, 3.8) is 0 Å². The highest BCUT2D eigenvalue weighted by Crippen LogP contribution is 2.25. The van der Waals surface area contributed by atoms with Crippen molar-refractivity contribution in [1.29, 1.82) is 0 Å². The Balaban J connectivity index is 1.42. The van der Waals surface area contributed by atoms with Gasteiger partial charge in [0.1, 0.15) is 18.1 Å². The molecule has 2 saturated heterocycles. The molecule has 0 saturated carbocycles. The molecule has 0 bridgehead atoms. The third-order valence-electron chi connectivity index (χ3n) is 7.45. The van der Waals surface area contributed by atoms with Crippen LogP contribution in [0.15, 0.2) is 54.6 Å². The lowest BCUT2D eigenvalue weighted by atomic mass is 9.96. The molecule has 204 valence electrons. The van der Waals surface area contributed by atoms with Crippen molar-refractivity contribution >= 4 is 40.4 Å². The standard InChI is InChI=1S/C28H30N4O7/c1-16(33)31-14-18-9-3-5-12-21(29-25(35)20-11-6-8-17-7-2-4-10-19(17)20)27(37)32(18)23(15-31)26(36)30-22-13-24(34)39-28(22)38/h2-8,10-11,18,21-23,28,38H,9,12-15H2,1H3,(H,29,35)(H,30,36)/b5-3-/t18-,21-,22?,23-,28?/m0/s1. The quantitative estimate of drug-likeness (QED) is 0.382. The van der Waals surface area contributed by atoms with E-state index in [4.69, 9.17) is 4.74 Å². The monoisotopic (exact) mass is 534 g/mol. The van der Waals surface area contributed by atoms with Crippen molar-refractivity contribution in [2.45, 2.75) is 56.6 Å². The SMILES string of the molecule is CC(=O)N1C[C@@H]2C/C=C\C[C@H](NC(=O)c3cccc4ccccc34)C(=O)N2[C@H](C(=O)NC2CC(=O)OC2O)C1. The fourth-order valence-electron chi connectivity index (χ4n) is 5.45. The van der Waals surface area contributed by atoms with E-state index in [9.17, 15) is 29.1 Å². The van der Waals surface area contributed by atoms with E-state index in [2.05, 4.69) is 10.6 Å². The summed E-state index contributed by atoms with van der Waals surface area (Å²) in [5.41, 5.74) is 0.430.